The minimum atomic E-state index is -1.16. The largest absolute Gasteiger partial charge is 0.378 e. The van der Waals surface area contributed by atoms with Crippen molar-refractivity contribution >= 4 is 16.5 Å². The van der Waals surface area contributed by atoms with Crippen LogP contribution in [0.25, 0.3) is 0 Å². The lowest BCUT2D eigenvalue weighted by Gasteiger charge is -2.19. The number of rotatable bonds is 4. The molecule has 0 unspecified atom stereocenters. The molecule has 1 saturated carbocycles. The smallest absolute Gasteiger partial charge is 0.0834 e. The van der Waals surface area contributed by atoms with Crippen LogP contribution in [0.15, 0.2) is 53.4 Å². The summed E-state index contributed by atoms with van der Waals surface area (Å²) in [6, 6.07) is 16.2. The second-order valence-electron chi connectivity index (χ2n) is 5.83. The molecule has 0 bridgehead atoms. The van der Waals surface area contributed by atoms with Gasteiger partial charge in [0.1, 0.15) is 0 Å². The lowest BCUT2D eigenvalue weighted by Crippen LogP contribution is -2.13. The van der Waals surface area contributed by atoms with E-state index in [0.717, 1.165) is 27.3 Å². The van der Waals surface area contributed by atoms with Crippen molar-refractivity contribution in [2.45, 2.75) is 11.8 Å². The molecule has 1 aliphatic rings. The third-order valence-corrected chi connectivity index (χ3v) is 5.36. The Bertz CT molecular complexity index is 676. The fraction of sp³-hybridized carbons (Fsp3) is 0.150. The Kier molecular flexibility index (Phi) is 4.86. The van der Waals surface area contributed by atoms with Crippen molar-refractivity contribution < 1.29 is 4.21 Å². The molecule has 2 aromatic carbocycles. The second-order valence-corrected chi connectivity index (χ2v) is 7.28. The normalized spacial score (nSPS) is 17.3. The molecular weight excluding hydrogens is 302 g/mol. The highest BCUT2D eigenvalue weighted by molar-refractivity contribution is 7.88. The van der Waals surface area contributed by atoms with Gasteiger partial charge in [-0.3, -0.25) is 4.21 Å². The fourth-order valence-corrected chi connectivity index (χ4v) is 3.76. The van der Waals surface area contributed by atoms with Crippen LogP contribution in [-0.4, -0.2) is 18.3 Å². The third-order valence-electron chi connectivity index (χ3n) is 3.91. The van der Waals surface area contributed by atoms with E-state index >= 15 is 0 Å². The van der Waals surface area contributed by atoms with Crippen LogP contribution in [0.1, 0.15) is 11.1 Å². The minimum absolute atomic E-state index is 0.841. The fourth-order valence-electron chi connectivity index (χ4n) is 2.53. The summed E-state index contributed by atoms with van der Waals surface area (Å²) in [5, 5.41) is 0.867. The van der Waals surface area contributed by atoms with E-state index in [9.17, 15) is 4.21 Å². The van der Waals surface area contributed by atoms with E-state index in [1.165, 1.54) is 5.56 Å². The van der Waals surface area contributed by atoms with Gasteiger partial charge in [-0.15, -0.1) is 0 Å². The predicted octanol–water partition coefficient (Wildman–Crippen LogP) is 3.95. The maximum absolute atomic E-state index is 12.9. The van der Waals surface area contributed by atoms with Gasteiger partial charge in [0.2, 0.25) is 0 Å². The molecule has 2 nitrogen and oxygen atoms in total. The van der Waals surface area contributed by atoms with E-state index in [1.807, 2.05) is 64.5 Å². The van der Waals surface area contributed by atoms with Crippen molar-refractivity contribution in [3.63, 3.8) is 0 Å². The topological polar surface area (TPSA) is 20.3 Å². The molecule has 0 spiro atoms. The summed E-state index contributed by atoms with van der Waals surface area (Å²) in [6.07, 6.45) is 5.95. The molecule has 3 rings (SSSR count). The van der Waals surface area contributed by atoms with Crippen molar-refractivity contribution in [2.75, 3.05) is 19.0 Å². The predicted molar refractivity (Wildman–Crippen MR) is 96.8 cm³/mol. The van der Waals surface area contributed by atoms with Crippen LogP contribution in [0.5, 0.6) is 0 Å². The van der Waals surface area contributed by atoms with Crippen LogP contribution >= 0.6 is 0 Å². The van der Waals surface area contributed by atoms with Crippen LogP contribution in [0, 0.1) is 37.4 Å². The van der Waals surface area contributed by atoms with Gasteiger partial charge in [-0.2, -0.15) is 0 Å². The van der Waals surface area contributed by atoms with E-state index in [2.05, 4.69) is 29.2 Å². The highest BCUT2D eigenvalue weighted by atomic mass is 32.2. The summed E-state index contributed by atoms with van der Waals surface area (Å²) in [5.41, 5.74) is 3.42. The molecule has 1 fully saturated rings. The van der Waals surface area contributed by atoms with Crippen molar-refractivity contribution in [1.29, 1.82) is 0 Å². The molecule has 0 aromatic heterocycles. The van der Waals surface area contributed by atoms with Gasteiger partial charge in [0, 0.05) is 30.6 Å². The number of hydrogen-bond acceptors (Lipinski definition) is 2. The molecule has 23 heavy (non-hydrogen) atoms. The lowest BCUT2D eigenvalue weighted by atomic mass is 9.97. The number of aryl methyl sites for hydroxylation is 1. The highest BCUT2D eigenvalue weighted by Crippen LogP contribution is 2.42. The Hall–Kier alpha value is -1.61. The summed E-state index contributed by atoms with van der Waals surface area (Å²) >= 11 is 0. The molecule has 1 aliphatic carbocycles. The zero-order chi connectivity index (χ0) is 16.4. The van der Waals surface area contributed by atoms with Gasteiger partial charge in [0.25, 0.3) is 0 Å². The van der Waals surface area contributed by atoms with Crippen LogP contribution in [-0.2, 0) is 10.8 Å². The van der Waals surface area contributed by atoms with Crippen LogP contribution in [0.3, 0.4) is 0 Å². The lowest BCUT2D eigenvalue weighted by molar-refractivity contribution is 0.684. The van der Waals surface area contributed by atoms with Gasteiger partial charge >= 0.3 is 0 Å². The average molecular weight is 322 g/mol. The Morgan fingerprint density at radius 3 is 2.13 bits per heavy atom. The van der Waals surface area contributed by atoms with Crippen LogP contribution in [0.2, 0.25) is 0 Å². The summed E-state index contributed by atoms with van der Waals surface area (Å²) < 4.78 is 12.9. The Balaban J connectivity index is 1.82. The molecule has 3 heteroatoms. The SMILES string of the molecule is Cc1ccc([S@](=O)[C]2[CH][CH][CH][C]2c2ccc(N(C)C)cc2)cc1. The Morgan fingerprint density at radius 1 is 0.870 bits per heavy atom. The second kappa shape index (κ2) is 6.88. The molecule has 0 heterocycles. The zero-order valence-corrected chi connectivity index (χ0v) is 14.4. The first kappa shape index (κ1) is 16.3. The first-order valence-electron chi connectivity index (χ1n) is 7.58. The average Bonchev–Trinajstić information content (AvgIpc) is 3.04. The molecule has 117 valence electrons. The summed E-state index contributed by atoms with van der Waals surface area (Å²) in [7, 11) is 2.89. The summed E-state index contributed by atoms with van der Waals surface area (Å²) in [6.45, 7) is 2.03. The maximum Gasteiger partial charge on any atom is 0.0834 e. The van der Waals surface area contributed by atoms with Gasteiger partial charge in [0.05, 0.1) is 16.0 Å². The minimum Gasteiger partial charge on any atom is -0.378 e. The molecule has 1 atom stereocenters. The van der Waals surface area contributed by atoms with Gasteiger partial charge in [-0.1, -0.05) is 29.8 Å². The maximum atomic E-state index is 12.9. The molecule has 5 radical (unpaired) electrons. The van der Waals surface area contributed by atoms with Crippen molar-refractivity contribution in [3.8, 4) is 0 Å². The molecule has 0 amide bonds. The highest BCUT2D eigenvalue weighted by Gasteiger charge is 2.35. The van der Waals surface area contributed by atoms with E-state index in [0.29, 0.717) is 0 Å². The first-order valence-corrected chi connectivity index (χ1v) is 8.73. The van der Waals surface area contributed by atoms with Gasteiger partial charge in [0.15, 0.2) is 0 Å². The van der Waals surface area contributed by atoms with Crippen LogP contribution < -0.4 is 4.90 Å². The quantitative estimate of drug-likeness (QED) is 0.849. The number of anilines is 1. The zero-order valence-electron chi connectivity index (χ0n) is 13.6. The first-order chi connectivity index (χ1) is 11.1. The monoisotopic (exact) mass is 322 g/mol. The van der Waals surface area contributed by atoms with Crippen molar-refractivity contribution in [2.24, 2.45) is 0 Å². The van der Waals surface area contributed by atoms with E-state index < -0.39 is 10.8 Å². The van der Waals surface area contributed by atoms with E-state index in [4.69, 9.17) is 0 Å². The third kappa shape index (κ3) is 3.50. The van der Waals surface area contributed by atoms with Crippen LogP contribution in [0.4, 0.5) is 5.69 Å². The Labute approximate surface area is 142 Å². The summed E-state index contributed by atoms with van der Waals surface area (Å²) in [5.74, 6) is 1.04. The number of benzene rings is 2. The van der Waals surface area contributed by atoms with Gasteiger partial charge in [-0.25, -0.2) is 0 Å². The standard InChI is InChI=1S/C20H20NOS/c1-15-7-13-18(14-8-15)23(22)20-6-4-5-19(20)16-9-11-17(12-10-16)21(2)3/h4-14H,1-3H3/t23-/m0/s1. The molecule has 2 aromatic rings. The molecule has 0 N–H and O–H groups in total. The van der Waals surface area contributed by atoms with E-state index in [1.54, 1.807) is 0 Å². The Morgan fingerprint density at radius 2 is 1.52 bits per heavy atom. The molecular formula is C20H20NOS. The van der Waals surface area contributed by atoms with Crippen molar-refractivity contribution in [3.05, 3.63) is 90.1 Å². The number of nitrogens with zero attached hydrogens (tertiary/aromatic N) is 1. The van der Waals surface area contributed by atoms with E-state index in [-0.39, 0.29) is 0 Å². The van der Waals surface area contributed by atoms with Gasteiger partial charge in [-0.05, 0) is 56.0 Å². The van der Waals surface area contributed by atoms with Gasteiger partial charge < -0.3 is 4.90 Å². The molecule has 0 aliphatic heterocycles. The molecule has 0 saturated heterocycles. The summed E-state index contributed by atoms with van der Waals surface area (Å²) in [4.78, 5) is 2.91. The number of hydrogen-bond donors (Lipinski definition) is 0. The van der Waals surface area contributed by atoms with Crippen molar-refractivity contribution in [1.82, 2.24) is 0 Å².